The summed E-state index contributed by atoms with van der Waals surface area (Å²) in [6.07, 6.45) is 11.4. The highest BCUT2D eigenvalue weighted by Crippen LogP contribution is 2.47. The second kappa shape index (κ2) is 7.40. The Balaban J connectivity index is 1.39. The van der Waals surface area contributed by atoms with Crippen LogP contribution in [0.1, 0.15) is 57.1 Å². The molecule has 5 rings (SSSR count). The molecule has 1 aliphatic heterocycles. The maximum atomic E-state index is 13.0. The molecule has 1 aromatic heterocycles. The zero-order valence-corrected chi connectivity index (χ0v) is 17.7. The summed E-state index contributed by atoms with van der Waals surface area (Å²) in [5.41, 5.74) is 1.03. The predicted molar refractivity (Wildman–Crippen MR) is 107 cm³/mol. The van der Waals surface area contributed by atoms with E-state index in [1.807, 2.05) is 10.8 Å². The van der Waals surface area contributed by atoms with Gasteiger partial charge in [0.25, 0.3) is 0 Å². The molecule has 1 atom stereocenters. The van der Waals surface area contributed by atoms with Crippen molar-refractivity contribution in [1.29, 1.82) is 0 Å². The quantitative estimate of drug-likeness (QED) is 0.597. The van der Waals surface area contributed by atoms with Gasteiger partial charge in [0.05, 0.1) is 30.3 Å². The van der Waals surface area contributed by atoms with Gasteiger partial charge in [0.15, 0.2) is 0 Å². The number of rotatable bonds is 10. The van der Waals surface area contributed by atoms with E-state index in [1.165, 1.54) is 25.7 Å². The first-order chi connectivity index (χ1) is 13.5. The molecular weight excluding hydrogens is 374 g/mol. The van der Waals surface area contributed by atoms with Gasteiger partial charge in [0.2, 0.25) is 15.0 Å². The van der Waals surface area contributed by atoms with Crippen LogP contribution < -0.4 is 0 Å². The van der Waals surface area contributed by atoms with Crippen molar-refractivity contribution in [2.75, 3.05) is 19.4 Å². The Labute approximate surface area is 168 Å². The van der Waals surface area contributed by atoms with Crippen LogP contribution in [0.2, 0.25) is 0 Å². The van der Waals surface area contributed by atoms with Crippen molar-refractivity contribution < 1.29 is 13.2 Å². The highest BCUT2D eigenvalue weighted by Gasteiger charge is 2.43. The minimum absolute atomic E-state index is 0.107. The second-order valence-corrected chi connectivity index (χ2v) is 11.5. The molecule has 3 saturated carbocycles. The number of nitrogens with zero attached hydrogens (tertiary/aromatic N) is 3. The highest BCUT2D eigenvalue weighted by atomic mass is 32.2. The molecule has 156 valence electrons. The van der Waals surface area contributed by atoms with Gasteiger partial charge in [0.1, 0.15) is 0 Å². The third kappa shape index (κ3) is 4.17. The summed E-state index contributed by atoms with van der Waals surface area (Å²) >= 11 is 0. The second-order valence-electron chi connectivity index (χ2n) is 9.58. The van der Waals surface area contributed by atoms with Crippen LogP contribution in [0, 0.1) is 17.8 Å². The van der Waals surface area contributed by atoms with Gasteiger partial charge in [-0.05, 0) is 76.2 Å². The average molecular weight is 408 g/mol. The molecule has 1 aromatic rings. The number of sulfone groups is 1. The fourth-order valence-corrected chi connectivity index (χ4v) is 6.81. The van der Waals surface area contributed by atoms with Crippen LogP contribution in [-0.2, 0) is 27.7 Å². The van der Waals surface area contributed by atoms with Gasteiger partial charge in [-0.1, -0.05) is 0 Å². The molecule has 4 fully saturated rings. The SMILES string of the molecule is CN(Cc1cnc(S(=O)(=O)CC2CC2)n1C[C@@H]1CCCO1)C(C1CC1)C1CC1. The Bertz CT molecular complexity index is 791. The number of aromatic nitrogens is 2. The largest absolute Gasteiger partial charge is 0.376 e. The van der Waals surface area contributed by atoms with E-state index in [4.69, 9.17) is 4.74 Å². The van der Waals surface area contributed by atoms with E-state index in [1.54, 1.807) is 0 Å². The van der Waals surface area contributed by atoms with Crippen molar-refractivity contribution in [3.05, 3.63) is 11.9 Å². The summed E-state index contributed by atoms with van der Waals surface area (Å²) < 4.78 is 33.8. The highest BCUT2D eigenvalue weighted by molar-refractivity contribution is 7.91. The minimum Gasteiger partial charge on any atom is -0.376 e. The van der Waals surface area contributed by atoms with Gasteiger partial charge >= 0.3 is 0 Å². The fraction of sp³-hybridized carbons (Fsp3) is 0.857. The first-order valence-corrected chi connectivity index (χ1v) is 12.8. The number of ether oxygens (including phenoxy) is 1. The molecule has 0 bridgehead atoms. The van der Waals surface area contributed by atoms with Gasteiger partial charge in [-0.25, -0.2) is 13.4 Å². The van der Waals surface area contributed by atoms with Crippen LogP contribution in [0.3, 0.4) is 0 Å². The van der Waals surface area contributed by atoms with Crippen LogP contribution in [0.5, 0.6) is 0 Å². The van der Waals surface area contributed by atoms with E-state index < -0.39 is 9.84 Å². The molecular formula is C21H33N3O3S. The van der Waals surface area contributed by atoms with Crippen molar-refractivity contribution in [1.82, 2.24) is 14.5 Å². The third-order valence-corrected chi connectivity index (χ3v) is 8.66. The average Bonchev–Trinajstić information content (AvgIpc) is 3.57. The van der Waals surface area contributed by atoms with Gasteiger partial charge in [0, 0.05) is 19.2 Å². The van der Waals surface area contributed by atoms with E-state index in [-0.39, 0.29) is 17.0 Å². The molecule has 6 nitrogen and oxygen atoms in total. The van der Waals surface area contributed by atoms with Crippen LogP contribution in [-0.4, -0.2) is 54.4 Å². The van der Waals surface area contributed by atoms with E-state index in [0.29, 0.717) is 18.5 Å². The van der Waals surface area contributed by atoms with Crippen LogP contribution in [0.25, 0.3) is 0 Å². The first-order valence-electron chi connectivity index (χ1n) is 11.1. The maximum absolute atomic E-state index is 13.0. The standard InChI is InChI=1S/C21H33N3O3S/c1-23(20(16-6-7-16)17-8-9-17)12-18-11-22-21(28(25,26)14-15-4-5-15)24(18)13-19-3-2-10-27-19/h11,15-17,19-20H,2-10,12-14H2,1H3/t19-/m0/s1. The van der Waals surface area contributed by atoms with E-state index in [0.717, 1.165) is 56.4 Å². The van der Waals surface area contributed by atoms with Crippen molar-refractivity contribution in [2.24, 2.45) is 17.8 Å². The molecule has 4 aliphatic rings. The topological polar surface area (TPSA) is 64.4 Å². The van der Waals surface area contributed by atoms with Crippen LogP contribution in [0.4, 0.5) is 0 Å². The summed E-state index contributed by atoms with van der Waals surface area (Å²) in [4.78, 5) is 6.90. The molecule has 28 heavy (non-hydrogen) atoms. The Kier molecular flexibility index (Phi) is 5.04. The Morgan fingerprint density at radius 1 is 1.18 bits per heavy atom. The number of hydrogen-bond donors (Lipinski definition) is 0. The van der Waals surface area contributed by atoms with E-state index >= 15 is 0 Å². The Hall–Kier alpha value is -0.920. The molecule has 7 heteroatoms. The maximum Gasteiger partial charge on any atom is 0.227 e. The van der Waals surface area contributed by atoms with E-state index in [9.17, 15) is 8.42 Å². The lowest BCUT2D eigenvalue weighted by Crippen LogP contribution is -2.36. The zero-order chi connectivity index (χ0) is 19.3. The number of imidazole rings is 1. The molecule has 0 radical (unpaired) electrons. The van der Waals surface area contributed by atoms with Crippen molar-refractivity contribution in [3.8, 4) is 0 Å². The lowest BCUT2D eigenvalue weighted by Gasteiger charge is -2.29. The summed E-state index contributed by atoms with van der Waals surface area (Å²) in [5, 5.41) is 0.271. The molecule has 0 N–H and O–H groups in total. The van der Waals surface area contributed by atoms with E-state index in [2.05, 4.69) is 16.9 Å². The van der Waals surface area contributed by atoms with Crippen LogP contribution >= 0.6 is 0 Å². The molecule has 0 aromatic carbocycles. The normalized spacial score (nSPS) is 25.9. The number of hydrogen-bond acceptors (Lipinski definition) is 5. The smallest absolute Gasteiger partial charge is 0.227 e. The first kappa shape index (κ1) is 19.1. The molecule has 0 spiro atoms. The Morgan fingerprint density at radius 3 is 2.46 bits per heavy atom. The van der Waals surface area contributed by atoms with Crippen molar-refractivity contribution in [2.45, 2.75) is 81.8 Å². The molecule has 0 unspecified atom stereocenters. The lowest BCUT2D eigenvalue weighted by molar-refractivity contribution is 0.0926. The summed E-state index contributed by atoms with van der Waals surface area (Å²) in [5.74, 6) is 2.26. The zero-order valence-electron chi connectivity index (χ0n) is 16.9. The predicted octanol–water partition coefficient (Wildman–Crippen LogP) is 2.87. The lowest BCUT2D eigenvalue weighted by atomic mass is 10.1. The minimum atomic E-state index is -3.33. The molecule has 2 heterocycles. The fourth-order valence-electron chi connectivity index (χ4n) is 4.96. The Morgan fingerprint density at radius 2 is 1.89 bits per heavy atom. The molecule has 0 amide bonds. The van der Waals surface area contributed by atoms with Gasteiger partial charge in [-0.2, -0.15) is 0 Å². The van der Waals surface area contributed by atoms with Crippen LogP contribution in [0.15, 0.2) is 11.4 Å². The summed E-state index contributed by atoms with van der Waals surface area (Å²) in [6, 6.07) is 0.651. The summed E-state index contributed by atoms with van der Waals surface area (Å²) in [6.45, 7) is 2.17. The summed E-state index contributed by atoms with van der Waals surface area (Å²) in [7, 11) is -1.12. The van der Waals surface area contributed by atoms with Gasteiger partial charge in [-0.15, -0.1) is 0 Å². The molecule has 3 aliphatic carbocycles. The van der Waals surface area contributed by atoms with Crippen molar-refractivity contribution >= 4 is 9.84 Å². The van der Waals surface area contributed by atoms with Gasteiger partial charge in [-0.3, -0.25) is 4.90 Å². The third-order valence-electron chi connectivity index (χ3n) is 6.87. The van der Waals surface area contributed by atoms with Gasteiger partial charge < -0.3 is 9.30 Å². The van der Waals surface area contributed by atoms with Crippen molar-refractivity contribution in [3.63, 3.8) is 0 Å². The molecule has 1 saturated heterocycles. The monoisotopic (exact) mass is 407 g/mol.